The van der Waals surface area contributed by atoms with E-state index in [1.54, 1.807) is 36.5 Å². The number of aryl methyl sites for hydroxylation is 2. The van der Waals surface area contributed by atoms with Gasteiger partial charge in [0.25, 0.3) is 5.91 Å². The zero-order valence-electron chi connectivity index (χ0n) is 22.5. The van der Waals surface area contributed by atoms with Crippen molar-refractivity contribution in [2.24, 2.45) is 5.10 Å². The molecule has 4 aromatic rings. The second-order valence-electron chi connectivity index (χ2n) is 9.42. The monoisotopic (exact) mass is 575 g/mol. The summed E-state index contributed by atoms with van der Waals surface area (Å²) >= 11 is 5.91. The second kappa shape index (κ2) is 12.8. The van der Waals surface area contributed by atoms with Crippen LogP contribution >= 0.6 is 11.6 Å². The lowest BCUT2D eigenvalue weighted by Crippen LogP contribution is -2.29. The predicted molar refractivity (Wildman–Crippen MR) is 161 cm³/mol. The summed E-state index contributed by atoms with van der Waals surface area (Å²) in [5, 5.41) is 4.72. The first-order chi connectivity index (χ1) is 19.1. The SMILES string of the molecule is Cc1ccc(N(Cc2ccc(C(=O)N/N=C\c3ccc(OCc4ccc(Cl)cc4)cc3)cc2)S(C)(=O)=O)cc1C. The molecule has 0 fully saturated rings. The van der Waals surface area contributed by atoms with E-state index in [2.05, 4.69) is 10.5 Å². The Morgan fingerprint density at radius 1 is 0.900 bits per heavy atom. The molecular formula is C31H30ClN3O4S. The average molecular weight is 576 g/mol. The molecule has 0 aromatic heterocycles. The lowest BCUT2D eigenvalue weighted by molar-refractivity contribution is 0.0955. The van der Waals surface area contributed by atoms with Gasteiger partial charge in [0.05, 0.1) is 24.7 Å². The highest BCUT2D eigenvalue weighted by molar-refractivity contribution is 7.92. The molecule has 0 saturated heterocycles. The minimum absolute atomic E-state index is 0.154. The number of benzene rings is 4. The van der Waals surface area contributed by atoms with Crippen molar-refractivity contribution in [3.05, 3.63) is 129 Å². The van der Waals surface area contributed by atoms with Gasteiger partial charge >= 0.3 is 0 Å². The number of amides is 1. The zero-order chi connectivity index (χ0) is 28.7. The topological polar surface area (TPSA) is 88.1 Å². The molecule has 7 nitrogen and oxygen atoms in total. The fraction of sp³-hybridized carbons (Fsp3) is 0.161. The summed E-state index contributed by atoms with van der Waals surface area (Å²) in [6.45, 7) is 4.51. The molecule has 0 atom stereocenters. The smallest absolute Gasteiger partial charge is 0.271 e. The fourth-order valence-corrected chi connectivity index (χ4v) is 4.84. The third-order valence-electron chi connectivity index (χ3n) is 6.30. The van der Waals surface area contributed by atoms with E-state index < -0.39 is 10.0 Å². The van der Waals surface area contributed by atoms with Gasteiger partial charge in [0.2, 0.25) is 10.0 Å². The van der Waals surface area contributed by atoms with Gasteiger partial charge < -0.3 is 4.74 Å². The summed E-state index contributed by atoms with van der Waals surface area (Å²) in [6.07, 6.45) is 2.73. The van der Waals surface area contributed by atoms with Crippen LogP contribution in [-0.2, 0) is 23.2 Å². The molecule has 206 valence electrons. The fourth-order valence-electron chi connectivity index (χ4n) is 3.84. The average Bonchev–Trinajstić information content (AvgIpc) is 2.93. The number of rotatable bonds is 10. The Bertz CT molecular complexity index is 1600. The van der Waals surface area contributed by atoms with Gasteiger partial charge in [-0.05, 0) is 102 Å². The predicted octanol–water partition coefficient (Wildman–Crippen LogP) is 6.27. The number of carbonyl (C=O) groups is 1. The van der Waals surface area contributed by atoms with Crippen molar-refractivity contribution in [2.45, 2.75) is 27.0 Å². The van der Waals surface area contributed by atoms with E-state index in [1.165, 1.54) is 10.6 Å². The Morgan fingerprint density at radius 3 is 2.17 bits per heavy atom. The molecule has 0 radical (unpaired) electrons. The molecule has 0 heterocycles. The van der Waals surface area contributed by atoms with Crippen LogP contribution in [0.15, 0.2) is 96.1 Å². The van der Waals surface area contributed by atoms with Crippen LogP contribution in [0.4, 0.5) is 5.69 Å². The molecule has 1 N–H and O–H groups in total. The number of hydrogen-bond acceptors (Lipinski definition) is 5. The largest absolute Gasteiger partial charge is 0.489 e. The third-order valence-corrected chi connectivity index (χ3v) is 7.69. The zero-order valence-corrected chi connectivity index (χ0v) is 24.0. The molecule has 0 saturated carbocycles. The minimum Gasteiger partial charge on any atom is -0.489 e. The molecule has 4 rings (SSSR count). The van der Waals surface area contributed by atoms with Gasteiger partial charge in [0.1, 0.15) is 12.4 Å². The van der Waals surface area contributed by atoms with E-state index in [0.29, 0.717) is 28.6 Å². The van der Waals surface area contributed by atoms with Crippen LogP contribution in [-0.4, -0.2) is 26.8 Å². The molecule has 40 heavy (non-hydrogen) atoms. The first kappa shape index (κ1) is 28.9. The molecule has 0 unspecified atom stereocenters. The molecule has 0 aliphatic heterocycles. The number of hydrazone groups is 1. The molecule has 0 aliphatic rings. The van der Waals surface area contributed by atoms with Crippen molar-refractivity contribution in [1.29, 1.82) is 0 Å². The Kier molecular flexibility index (Phi) is 9.24. The van der Waals surface area contributed by atoms with Gasteiger partial charge in [-0.3, -0.25) is 9.10 Å². The van der Waals surface area contributed by atoms with Gasteiger partial charge in [-0.1, -0.05) is 41.9 Å². The Hall–Kier alpha value is -4.14. The van der Waals surface area contributed by atoms with E-state index >= 15 is 0 Å². The highest BCUT2D eigenvalue weighted by atomic mass is 35.5. The van der Waals surface area contributed by atoms with Crippen LogP contribution in [0.1, 0.15) is 38.2 Å². The highest BCUT2D eigenvalue weighted by Crippen LogP contribution is 2.24. The highest BCUT2D eigenvalue weighted by Gasteiger charge is 2.18. The number of hydrogen-bond donors (Lipinski definition) is 1. The molecular weight excluding hydrogens is 546 g/mol. The van der Waals surface area contributed by atoms with Crippen molar-refractivity contribution in [3.63, 3.8) is 0 Å². The van der Waals surface area contributed by atoms with Gasteiger partial charge in [0.15, 0.2) is 0 Å². The molecule has 4 aromatic carbocycles. The minimum atomic E-state index is -3.51. The van der Waals surface area contributed by atoms with Crippen molar-refractivity contribution < 1.29 is 17.9 Å². The summed E-state index contributed by atoms with van der Waals surface area (Å²) in [4.78, 5) is 12.6. The summed E-state index contributed by atoms with van der Waals surface area (Å²) in [5.74, 6) is 0.336. The van der Waals surface area contributed by atoms with Crippen LogP contribution in [0.5, 0.6) is 5.75 Å². The van der Waals surface area contributed by atoms with Crippen LogP contribution in [0.2, 0.25) is 5.02 Å². The maximum absolute atomic E-state index is 12.6. The summed E-state index contributed by atoms with van der Waals surface area (Å²) in [6, 6.07) is 27.1. The van der Waals surface area contributed by atoms with Crippen molar-refractivity contribution >= 4 is 39.4 Å². The second-order valence-corrected chi connectivity index (χ2v) is 11.8. The number of nitrogens with one attached hydrogen (secondary N) is 1. The van der Waals surface area contributed by atoms with Crippen LogP contribution in [0.25, 0.3) is 0 Å². The quantitative estimate of drug-likeness (QED) is 0.178. The molecule has 0 bridgehead atoms. The number of sulfonamides is 1. The van der Waals surface area contributed by atoms with E-state index in [9.17, 15) is 13.2 Å². The van der Waals surface area contributed by atoms with E-state index in [1.807, 2.05) is 74.5 Å². The number of ether oxygens (including phenoxy) is 1. The van der Waals surface area contributed by atoms with Crippen LogP contribution < -0.4 is 14.5 Å². The molecule has 9 heteroatoms. The van der Waals surface area contributed by atoms with E-state index in [-0.39, 0.29) is 12.5 Å². The maximum Gasteiger partial charge on any atom is 0.271 e. The Balaban J connectivity index is 1.32. The number of nitrogens with zero attached hydrogens (tertiary/aromatic N) is 2. The lowest BCUT2D eigenvalue weighted by Gasteiger charge is -2.23. The number of carbonyl (C=O) groups excluding carboxylic acids is 1. The molecule has 1 amide bonds. The summed E-state index contributed by atoms with van der Waals surface area (Å²) < 4.78 is 32.1. The lowest BCUT2D eigenvalue weighted by atomic mass is 10.1. The first-order valence-corrected chi connectivity index (χ1v) is 14.8. The molecule has 0 aliphatic carbocycles. The first-order valence-electron chi connectivity index (χ1n) is 12.5. The number of anilines is 1. The van der Waals surface area contributed by atoms with Crippen molar-refractivity contribution in [2.75, 3.05) is 10.6 Å². The normalized spacial score (nSPS) is 11.4. The van der Waals surface area contributed by atoms with E-state index in [4.69, 9.17) is 16.3 Å². The van der Waals surface area contributed by atoms with Crippen LogP contribution in [0, 0.1) is 13.8 Å². The molecule has 0 spiro atoms. The number of halogens is 1. The van der Waals surface area contributed by atoms with Gasteiger partial charge in [-0.2, -0.15) is 5.10 Å². The summed E-state index contributed by atoms with van der Waals surface area (Å²) in [5.41, 5.74) is 8.18. The van der Waals surface area contributed by atoms with Gasteiger partial charge in [-0.15, -0.1) is 0 Å². The third kappa shape index (κ3) is 7.94. The Labute approximate surface area is 240 Å². The van der Waals surface area contributed by atoms with Crippen molar-refractivity contribution in [3.8, 4) is 5.75 Å². The standard InChI is InChI=1S/C31H30ClN3O4S/c1-22-4-15-29(18-23(22)2)35(40(3,37)38)20-25-5-11-27(12-6-25)31(36)34-33-19-24-9-16-30(17-10-24)39-21-26-7-13-28(32)14-8-26/h4-19H,20-21H2,1-3H3,(H,34,36)/b33-19-. The van der Waals surface area contributed by atoms with E-state index in [0.717, 1.165) is 27.8 Å². The van der Waals surface area contributed by atoms with Gasteiger partial charge in [0, 0.05) is 10.6 Å². The van der Waals surface area contributed by atoms with Crippen LogP contribution in [0.3, 0.4) is 0 Å². The summed E-state index contributed by atoms with van der Waals surface area (Å²) in [7, 11) is -3.51. The van der Waals surface area contributed by atoms with Crippen molar-refractivity contribution in [1.82, 2.24) is 5.43 Å². The maximum atomic E-state index is 12.6. The van der Waals surface area contributed by atoms with Gasteiger partial charge in [-0.25, -0.2) is 13.8 Å². The Morgan fingerprint density at radius 2 is 1.55 bits per heavy atom.